The fraction of sp³-hybridized carbons (Fsp3) is 0.0714. The van der Waals surface area contributed by atoms with Crippen molar-refractivity contribution in [3.8, 4) is 5.75 Å². The first kappa shape index (κ1) is 11.2. The molecule has 0 aromatic heterocycles. The Balaban J connectivity index is 2.15. The molecule has 0 fully saturated rings. The number of rotatable bonds is 3. The third-order valence-electron chi connectivity index (χ3n) is 2.33. The zero-order valence-corrected chi connectivity index (χ0v) is 9.30. The lowest BCUT2D eigenvalue weighted by atomic mass is 10.2. The van der Waals surface area contributed by atoms with Gasteiger partial charge in [0, 0.05) is 5.69 Å². The summed E-state index contributed by atoms with van der Waals surface area (Å²) in [4.78, 5) is 11.6. The minimum absolute atomic E-state index is 0.169. The molecule has 0 unspecified atom stereocenters. The molecule has 2 rings (SSSR count). The molecule has 0 heterocycles. The predicted octanol–water partition coefficient (Wildman–Crippen LogP) is 2.21. The topological polar surface area (TPSA) is 52.3 Å². The summed E-state index contributed by atoms with van der Waals surface area (Å²) in [6, 6.07) is 15.9. The molecule has 3 nitrogen and oxygen atoms in total. The minimum atomic E-state index is -0.169. The van der Waals surface area contributed by atoms with E-state index in [2.05, 4.69) is 0 Å². The highest BCUT2D eigenvalue weighted by molar-refractivity contribution is 5.39. The van der Waals surface area contributed by atoms with Crippen molar-refractivity contribution in [2.45, 2.75) is 6.61 Å². The van der Waals surface area contributed by atoms with Crippen LogP contribution in [0.15, 0.2) is 59.4 Å². The molecule has 0 aliphatic heterocycles. The van der Waals surface area contributed by atoms with E-state index >= 15 is 0 Å². The van der Waals surface area contributed by atoms with E-state index in [1.165, 1.54) is 6.07 Å². The second kappa shape index (κ2) is 5.16. The summed E-state index contributed by atoms with van der Waals surface area (Å²) < 4.78 is 5.47. The van der Waals surface area contributed by atoms with Crippen LogP contribution in [0.5, 0.6) is 5.75 Å². The SMILES string of the molecule is Nc1ccc(OCc2ccccc2)c(=O)cc1. The quantitative estimate of drug-likeness (QED) is 0.874. The largest absolute Gasteiger partial charge is 0.485 e. The van der Waals surface area contributed by atoms with E-state index in [9.17, 15) is 4.79 Å². The number of hydrogen-bond donors (Lipinski definition) is 1. The molecule has 0 bridgehead atoms. The molecule has 2 N–H and O–H groups in total. The van der Waals surface area contributed by atoms with Gasteiger partial charge in [-0.3, -0.25) is 4.79 Å². The summed E-state index contributed by atoms with van der Waals surface area (Å²) in [5.41, 5.74) is 6.98. The number of nitrogens with two attached hydrogens (primary N) is 1. The summed E-state index contributed by atoms with van der Waals surface area (Å²) >= 11 is 0. The van der Waals surface area contributed by atoms with Gasteiger partial charge in [-0.15, -0.1) is 0 Å². The molecule has 0 radical (unpaired) electrons. The van der Waals surface area contributed by atoms with Crippen LogP contribution in [0.1, 0.15) is 5.56 Å². The van der Waals surface area contributed by atoms with Gasteiger partial charge in [0.05, 0.1) is 0 Å². The monoisotopic (exact) mass is 227 g/mol. The van der Waals surface area contributed by atoms with Crippen molar-refractivity contribution < 1.29 is 4.74 Å². The third-order valence-corrected chi connectivity index (χ3v) is 2.33. The second-order valence-corrected chi connectivity index (χ2v) is 3.67. The standard InChI is InChI=1S/C14H13NO2/c15-12-6-8-13(16)14(9-7-12)17-10-11-4-2-1-3-5-11/h1-9H,10,15H2. The molecule has 0 amide bonds. The second-order valence-electron chi connectivity index (χ2n) is 3.67. The fourth-order valence-electron chi connectivity index (χ4n) is 1.42. The van der Waals surface area contributed by atoms with Crippen LogP contribution < -0.4 is 15.9 Å². The number of nitrogen functional groups attached to an aromatic ring is 1. The van der Waals surface area contributed by atoms with Gasteiger partial charge in [-0.1, -0.05) is 30.3 Å². The minimum Gasteiger partial charge on any atom is -0.485 e. The lowest BCUT2D eigenvalue weighted by molar-refractivity contribution is 0.304. The maximum atomic E-state index is 11.6. The Morgan fingerprint density at radius 1 is 0.941 bits per heavy atom. The van der Waals surface area contributed by atoms with Gasteiger partial charge < -0.3 is 10.5 Å². The number of hydrogen-bond acceptors (Lipinski definition) is 3. The Kier molecular flexibility index (Phi) is 3.40. The summed E-state index contributed by atoms with van der Waals surface area (Å²) in [7, 11) is 0. The van der Waals surface area contributed by atoms with Crippen LogP contribution in [-0.4, -0.2) is 0 Å². The lowest BCUT2D eigenvalue weighted by Crippen LogP contribution is -2.04. The molecule has 0 saturated heterocycles. The summed E-state index contributed by atoms with van der Waals surface area (Å²) in [6.45, 7) is 0.375. The van der Waals surface area contributed by atoms with Crippen molar-refractivity contribution in [3.05, 3.63) is 70.4 Å². The molecule has 3 heteroatoms. The van der Waals surface area contributed by atoms with Crippen LogP contribution in [0, 0.1) is 0 Å². The first-order valence-electron chi connectivity index (χ1n) is 5.32. The molecule has 0 atom stereocenters. The van der Waals surface area contributed by atoms with Crippen molar-refractivity contribution in [2.24, 2.45) is 0 Å². The van der Waals surface area contributed by atoms with Gasteiger partial charge in [0.25, 0.3) is 0 Å². The van der Waals surface area contributed by atoms with E-state index in [4.69, 9.17) is 10.5 Å². The Morgan fingerprint density at radius 2 is 1.65 bits per heavy atom. The number of benzene rings is 1. The molecule has 86 valence electrons. The van der Waals surface area contributed by atoms with E-state index in [0.29, 0.717) is 18.0 Å². The van der Waals surface area contributed by atoms with E-state index in [0.717, 1.165) is 5.56 Å². The van der Waals surface area contributed by atoms with Crippen molar-refractivity contribution in [2.75, 3.05) is 5.73 Å². The highest BCUT2D eigenvalue weighted by atomic mass is 16.5. The van der Waals surface area contributed by atoms with E-state index in [-0.39, 0.29) is 5.43 Å². The Morgan fingerprint density at radius 3 is 2.41 bits per heavy atom. The van der Waals surface area contributed by atoms with Crippen molar-refractivity contribution >= 4 is 5.69 Å². The Hall–Kier alpha value is -2.29. The molecule has 17 heavy (non-hydrogen) atoms. The molecule has 0 aliphatic rings. The van der Waals surface area contributed by atoms with Gasteiger partial charge in [-0.05, 0) is 29.8 Å². The van der Waals surface area contributed by atoms with Crippen LogP contribution in [-0.2, 0) is 6.61 Å². The third kappa shape index (κ3) is 3.08. The fourth-order valence-corrected chi connectivity index (χ4v) is 1.42. The predicted molar refractivity (Wildman–Crippen MR) is 67.9 cm³/mol. The first-order chi connectivity index (χ1) is 8.25. The smallest absolute Gasteiger partial charge is 0.220 e. The molecule has 0 aliphatic carbocycles. The van der Waals surface area contributed by atoms with Crippen LogP contribution >= 0.6 is 0 Å². The highest BCUT2D eigenvalue weighted by Gasteiger charge is 1.98. The Bertz CT molecular complexity index is 552. The van der Waals surface area contributed by atoms with Gasteiger partial charge in [0.2, 0.25) is 5.43 Å². The average molecular weight is 227 g/mol. The molecule has 2 aromatic carbocycles. The van der Waals surface area contributed by atoms with Crippen LogP contribution in [0.3, 0.4) is 0 Å². The van der Waals surface area contributed by atoms with Crippen molar-refractivity contribution in [1.82, 2.24) is 0 Å². The molecule has 0 spiro atoms. The Labute approximate surface area is 99.5 Å². The molecule has 2 aromatic rings. The summed E-state index contributed by atoms with van der Waals surface area (Å²) in [5, 5.41) is 0. The average Bonchev–Trinajstić information content (AvgIpc) is 2.52. The van der Waals surface area contributed by atoms with Gasteiger partial charge in [0.15, 0.2) is 5.75 Å². The van der Waals surface area contributed by atoms with Crippen LogP contribution in [0.4, 0.5) is 5.69 Å². The highest BCUT2D eigenvalue weighted by Crippen LogP contribution is 2.08. The zero-order valence-electron chi connectivity index (χ0n) is 9.30. The summed E-state index contributed by atoms with van der Waals surface area (Å²) in [6.07, 6.45) is 0. The van der Waals surface area contributed by atoms with Crippen LogP contribution in [0.25, 0.3) is 0 Å². The molecular formula is C14H13NO2. The van der Waals surface area contributed by atoms with Gasteiger partial charge in [0.1, 0.15) is 6.61 Å². The first-order valence-corrected chi connectivity index (χ1v) is 5.32. The van der Waals surface area contributed by atoms with E-state index in [1.54, 1.807) is 18.2 Å². The van der Waals surface area contributed by atoms with E-state index < -0.39 is 0 Å². The molecular weight excluding hydrogens is 214 g/mol. The van der Waals surface area contributed by atoms with E-state index in [1.807, 2.05) is 30.3 Å². The zero-order chi connectivity index (χ0) is 12.1. The van der Waals surface area contributed by atoms with Crippen LogP contribution in [0.2, 0.25) is 0 Å². The molecule has 0 saturated carbocycles. The number of anilines is 1. The van der Waals surface area contributed by atoms with Gasteiger partial charge >= 0.3 is 0 Å². The lowest BCUT2D eigenvalue weighted by Gasteiger charge is -2.03. The van der Waals surface area contributed by atoms with Crippen molar-refractivity contribution in [1.29, 1.82) is 0 Å². The van der Waals surface area contributed by atoms with Gasteiger partial charge in [-0.2, -0.15) is 0 Å². The number of ether oxygens (including phenoxy) is 1. The van der Waals surface area contributed by atoms with Crippen molar-refractivity contribution in [3.63, 3.8) is 0 Å². The summed E-state index contributed by atoms with van der Waals surface area (Å²) in [5.74, 6) is 0.311. The maximum absolute atomic E-state index is 11.6. The normalized spacial score (nSPS) is 9.88. The maximum Gasteiger partial charge on any atom is 0.220 e. The van der Waals surface area contributed by atoms with Gasteiger partial charge in [-0.25, -0.2) is 0 Å².